The van der Waals surface area contributed by atoms with Crippen molar-refractivity contribution in [2.75, 3.05) is 13.1 Å². The Morgan fingerprint density at radius 1 is 1.03 bits per heavy atom. The number of rotatable bonds is 7. The van der Waals surface area contributed by atoms with E-state index in [-0.39, 0.29) is 34.9 Å². The first kappa shape index (κ1) is 24.0. The van der Waals surface area contributed by atoms with Gasteiger partial charge in [-0.05, 0) is 62.1 Å². The van der Waals surface area contributed by atoms with E-state index < -0.39 is 6.04 Å². The Balaban J connectivity index is 1.46. The predicted molar refractivity (Wildman–Crippen MR) is 130 cm³/mol. The minimum absolute atomic E-state index is 0.0948. The van der Waals surface area contributed by atoms with Crippen LogP contribution in [0.15, 0.2) is 24.3 Å². The lowest BCUT2D eigenvalue weighted by Gasteiger charge is -2.35. The molecular formula is C28H40N2O3. The van der Waals surface area contributed by atoms with Crippen molar-refractivity contribution in [3.63, 3.8) is 0 Å². The van der Waals surface area contributed by atoms with Crippen LogP contribution in [0.3, 0.4) is 0 Å². The number of piperidine rings is 1. The molecule has 5 heteroatoms. The Labute approximate surface area is 198 Å². The highest BCUT2D eigenvalue weighted by atomic mass is 16.2. The van der Waals surface area contributed by atoms with Crippen molar-refractivity contribution in [3.05, 3.63) is 35.4 Å². The second-order valence-electron chi connectivity index (χ2n) is 11.2. The molecule has 0 spiro atoms. The molecule has 3 aliphatic rings. The maximum atomic E-state index is 13.2. The van der Waals surface area contributed by atoms with Crippen molar-refractivity contribution >= 4 is 17.6 Å². The van der Waals surface area contributed by atoms with Gasteiger partial charge >= 0.3 is 0 Å². The number of ketones is 1. The summed E-state index contributed by atoms with van der Waals surface area (Å²) in [6.45, 7) is 7.48. The summed E-state index contributed by atoms with van der Waals surface area (Å²) < 4.78 is 0. The molecule has 2 aliphatic carbocycles. The Morgan fingerprint density at radius 2 is 1.76 bits per heavy atom. The van der Waals surface area contributed by atoms with E-state index in [1.807, 2.05) is 36.9 Å². The minimum atomic E-state index is -0.400. The zero-order chi connectivity index (χ0) is 23.6. The molecule has 180 valence electrons. The number of nitrogens with one attached hydrogen (secondary N) is 1. The molecule has 2 atom stereocenters. The van der Waals surface area contributed by atoms with Gasteiger partial charge in [0.25, 0.3) is 5.91 Å². The van der Waals surface area contributed by atoms with Gasteiger partial charge in [-0.15, -0.1) is 0 Å². The number of carbonyl (C=O) groups excluding carboxylic acids is 3. The van der Waals surface area contributed by atoms with E-state index in [0.29, 0.717) is 11.5 Å². The summed E-state index contributed by atoms with van der Waals surface area (Å²) in [5.41, 5.74) is 1.59. The first-order chi connectivity index (χ1) is 15.8. The Morgan fingerprint density at radius 3 is 2.42 bits per heavy atom. The van der Waals surface area contributed by atoms with E-state index in [9.17, 15) is 14.4 Å². The standard InChI is InChI=1S/C28H40N2O3/c1-19(2)25(31)24(20-9-5-4-6-10-20)29-26(32)22-12-7-11-21(17-22)23-13-8-16-30(18-23)27(33)28(3)14-15-28/h7,11-12,17,19-20,23-24H,4-6,8-10,13-16,18H2,1-3H3,(H,29,32)/t23?,24-/m1/s1. The molecule has 2 saturated carbocycles. The molecule has 2 amide bonds. The largest absolute Gasteiger partial charge is 0.342 e. The van der Waals surface area contributed by atoms with Crippen LogP contribution < -0.4 is 5.32 Å². The summed E-state index contributed by atoms with van der Waals surface area (Å²) in [5, 5.41) is 3.12. The van der Waals surface area contributed by atoms with Gasteiger partial charge < -0.3 is 10.2 Å². The lowest BCUT2D eigenvalue weighted by Crippen LogP contribution is -2.48. The van der Waals surface area contributed by atoms with E-state index in [2.05, 4.69) is 18.3 Å². The number of hydrogen-bond acceptors (Lipinski definition) is 3. The second-order valence-corrected chi connectivity index (χ2v) is 11.2. The van der Waals surface area contributed by atoms with Crippen molar-refractivity contribution in [2.45, 2.75) is 90.5 Å². The molecule has 3 fully saturated rings. The summed E-state index contributed by atoms with van der Waals surface area (Å²) in [5.74, 6) is 0.676. The molecule has 1 N–H and O–H groups in total. The van der Waals surface area contributed by atoms with Gasteiger partial charge in [-0.2, -0.15) is 0 Å². The van der Waals surface area contributed by atoms with E-state index >= 15 is 0 Å². The maximum absolute atomic E-state index is 13.2. The molecule has 4 rings (SSSR count). The minimum Gasteiger partial charge on any atom is -0.342 e. The van der Waals surface area contributed by atoms with Crippen LogP contribution in [0.25, 0.3) is 0 Å². The van der Waals surface area contributed by atoms with E-state index in [0.717, 1.165) is 70.0 Å². The van der Waals surface area contributed by atoms with Crippen molar-refractivity contribution in [1.29, 1.82) is 0 Å². The first-order valence-corrected chi connectivity index (χ1v) is 13.0. The van der Waals surface area contributed by atoms with Crippen molar-refractivity contribution in [2.24, 2.45) is 17.3 Å². The van der Waals surface area contributed by atoms with Crippen molar-refractivity contribution < 1.29 is 14.4 Å². The van der Waals surface area contributed by atoms with Crippen molar-refractivity contribution in [1.82, 2.24) is 10.2 Å². The summed E-state index contributed by atoms with van der Waals surface area (Å²) in [4.78, 5) is 41.1. The molecule has 0 bridgehead atoms. The normalized spacial score (nSPS) is 23.8. The van der Waals surface area contributed by atoms with Crippen LogP contribution in [0.5, 0.6) is 0 Å². The van der Waals surface area contributed by atoms with Crippen LogP contribution in [0, 0.1) is 17.3 Å². The maximum Gasteiger partial charge on any atom is 0.251 e. The van der Waals surface area contributed by atoms with Gasteiger partial charge in [0.15, 0.2) is 5.78 Å². The fourth-order valence-corrected chi connectivity index (χ4v) is 5.62. The number of likely N-dealkylation sites (tertiary alicyclic amines) is 1. The highest BCUT2D eigenvalue weighted by Gasteiger charge is 2.47. The second kappa shape index (κ2) is 9.99. The fourth-order valence-electron chi connectivity index (χ4n) is 5.62. The van der Waals surface area contributed by atoms with E-state index in [1.54, 1.807) is 0 Å². The van der Waals surface area contributed by atoms with Gasteiger partial charge in [-0.3, -0.25) is 14.4 Å². The average molecular weight is 453 g/mol. The SMILES string of the molecule is CC(C)C(=O)[C@H](NC(=O)c1cccc(C2CCCN(C(=O)C3(C)CC3)C2)c1)C1CCCCC1. The molecule has 33 heavy (non-hydrogen) atoms. The zero-order valence-corrected chi connectivity index (χ0v) is 20.6. The number of carbonyl (C=O) groups is 3. The van der Waals surface area contributed by atoms with Gasteiger partial charge in [0.1, 0.15) is 0 Å². The van der Waals surface area contributed by atoms with Gasteiger partial charge in [-0.1, -0.05) is 52.2 Å². The predicted octanol–water partition coefficient (Wildman–Crippen LogP) is 5.10. The topological polar surface area (TPSA) is 66.5 Å². The zero-order valence-electron chi connectivity index (χ0n) is 20.6. The van der Waals surface area contributed by atoms with Crippen LogP contribution in [0.1, 0.15) is 100 Å². The van der Waals surface area contributed by atoms with E-state index in [4.69, 9.17) is 0 Å². The lowest BCUT2D eigenvalue weighted by atomic mass is 9.80. The molecule has 5 nitrogen and oxygen atoms in total. The number of Topliss-reactive ketones (excluding diaryl/α,β-unsaturated/α-hetero) is 1. The molecule has 0 radical (unpaired) electrons. The Bertz CT molecular complexity index is 883. The number of hydrogen-bond donors (Lipinski definition) is 1. The third kappa shape index (κ3) is 5.50. The third-order valence-corrected chi connectivity index (χ3v) is 8.13. The highest BCUT2D eigenvalue weighted by Crippen LogP contribution is 2.47. The van der Waals surface area contributed by atoms with Crippen molar-refractivity contribution in [3.8, 4) is 0 Å². The molecule has 1 aromatic carbocycles. The number of amides is 2. The van der Waals surface area contributed by atoms with Gasteiger partial charge in [-0.25, -0.2) is 0 Å². The molecule has 1 aliphatic heterocycles. The fraction of sp³-hybridized carbons (Fsp3) is 0.679. The molecule has 1 unspecified atom stereocenters. The van der Waals surface area contributed by atoms with Crippen LogP contribution in [-0.4, -0.2) is 41.6 Å². The summed E-state index contributed by atoms with van der Waals surface area (Å²) in [7, 11) is 0. The summed E-state index contributed by atoms with van der Waals surface area (Å²) in [6, 6.07) is 7.43. The average Bonchev–Trinajstić information content (AvgIpc) is 3.60. The molecule has 1 saturated heterocycles. The highest BCUT2D eigenvalue weighted by molar-refractivity contribution is 5.98. The molecular weight excluding hydrogens is 412 g/mol. The lowest BCUT2D eigenvalue weighted by molar-refractivity contribution is -0.137. The Hall–Kier alpha value is -2.17. The van der Waals surface area contributed by atoms with Gasteiger partial charge in [0, 0.05) is 35.9 Å². The van der Waals surface area contributed by atoms with Crippen LogP contribution in [-0.2, 0) is 9.59 Å². The summed E-state index contributed by atoms with van der Waals surface area (Å²) >= 11 is 0. The Kier molecular flexibility index (Phi) is 7.25. The first-order valence-electron chi connectivity index (χ1n) is 13.0. The summed E-state index contributed by atoms with van der Waals surface area (Å²) in [6.07, 6.45) is 9.52. The quantitative estimate of drug-likeness (QED) is 0.626. The molecule has 1 aromatic rings. The van der Waals surface area contributed by atoms with Crippen LogP contribution >= 0.6 is 0 Å². The number of benzene rings is 1. The van der Waals surface area contributed by atoms with Crippen LogP contribution in [0.4, 0.5) is 0 Å². The van der Waals surface area contributed by atoms with Gasteiger partial charge in [0.05, 0.1) is 6.04 Å². The number of nitrogens with zero attached hydrogens (tertiary/aromatic N) is 1. The van der Waals surface area contributed by atoms with Gasteiger partial charge in [0.2, 0.25) is 5.91 Å². The van der Waals surface area contributed by atoms with E-state index in [1.165, 1.54) is 6.42 Å². The van der Waals surface area contributed by atoms with Crippen LogP contribution in [0.2, 0.25) is 0 Å². The third-order valence-electron chi connectivity index (χ3n) is 8.13. The molecule has 0 aromatic heterocycles. The molecule has 1 heterocycles. The smallest absolute Gasteiger partial charge is 0.251 e. The monoisotopic (exact) mass is 452 g/mol.